The topological polar surface area (TPSA) is 61.9 Å². The van der Waals surface area contributed by atoms with Crippen LogP contribution >= 0.6 is 0 Å². The van der Waals surface area contributed by atoms with Gasteiger partial charge in [-0.05, 0) is 5.92 Å². The number of hydrogen-bond acceptors (Lipinski definition) is 3. The molecule has 0 aliphatic heterocycles. The lowest BCUT2D eigenvalue weighted by Gasteiger charge is -2.24. The van der Waals surface area contributed by atoms with Gasteiger partial charge in [-0.25, -0.2) is 4.98 Å². The van der Waals surface area contributed by atoms with E-state index in [1.165, 1.54) is 0 Å². The number of H-pyrrole nitrogens is 1. The zero-order valence-corrected chi connectivity index (χ0v) is 12.0. The molecule has 0 spiro atoms. The van der Waals surface area contributed by atoms with Crippen LogP contribution in [0.25, 0.3) is 0 Å². The first kappa shape index (κ1) is 16.5. The van der Waals surface area contributed by atoms with Crippen molar-refractivity contribution >= 4 is 5.91 Å². The van der Waals surface area contributed by atoms with Crippen LogP contribution in [0.2, 0.25) is 0 Å². The summed E-state index contributed by atoms with van der Waals surface area (Å²) in [5, 5.41) is 6.27. The van der Waals surface area contributed by atoms with E-state index < -0.39 is 18.6 Å². The lowest BCUT2D eigenvalue weighted by Crippen LogP contribution is -2.41. The summed E-state index contributed by atoms with van der Waals surface area (Å²) in [6.07, 6.45) is -4.44. The van der Waals surface area contributed by atoms with Crippen molar-refractivity contribution in [2.45, 2.75) is 39.8 Å². The molecule has 8 heteroatoms. The minimum absolute atomic E-state index is 0.00386. The van der Waals surface area contributed by atoms with Gasteiger partial charge in [0.25, 0.3) is 5.91 Å². The van der Waals surface area contributed by atoms with Crippen molar-refractivity contribution in [2.75, 3.05) is 13.1 Å². The summed E-state index contributed by atoms with van der Waals surface area (Å²) >= 11 is 0. The summed E-state index contributed by atoms with van der Waals surface area (Å²) in [6, 6.07) is 0. The van der Waals surface area contributed by atoms with Gasteiger partial charge in [0.15, 0.2) is 0 Å². The van der Waals surface area contributed by atoms with Crippen LogP contribution < -0.4 is 0 Å². The predicted octanol–water partition coefficient (Wildman–Crippen LogP) is 2.59. The van der Waals surface area contributed by atoms with Crippen molar-refractivity contribution in [3.63, 3.8) is 0 Å². The Labute approximate surface area is 115 Å². The first-order chi connectivity index (χ1) is 9.10. The molecular formula is C12H19F3N4O. The number of carbonyl (C=O) groups is 1. The van der Waals surface area contributed by atoms with E-state index in [4.69, 9.17) is 0 Å². The van der Waals surface area contributed by atoms with E-state index in [2.05, 4.69) is 15.2 Å². The molecule has 1 N–H and O–H groups in total. The largest absolute Gasteiger partial charge is 0.406 e. The first-order valence-corrected chi connectivity index (χ1v) is 6.38. The van der Waals surface area contributed by atoms with E-state index in [-0.39, 0.29) is 24.2 Å². The van der Waals surface area contributed by atoms with Crippen LogP contribution in [0.4, 0.5) is 13.2 Å². The van der Waals surface area contributed by atoms with E-state index in [0.717, 1.165) is 4.90 Å². The highest BCUT2D eigenvalue weighted by Gasteiger charge is 2.34. The standard InChI is InChI=1S/C12H19F3N4O/c1-7(2)5-19(6-12(13,14)15)11(20)10-16-9(8(3)4)17-18-10/h7-8H,5-6H2,1-4H3,(H,16,17,18). The highest BCUT2D eigenvalue weighted by molar-refractivity contribution is 5.90. The van der Waals surface area contributed by atoms with Gasteiger partial charge in [0.05, 0.1) is 0 Å². The summed E-state index contributed by atoms with van der Waals surface area (Å²) in [6.45, 7) is 5.88. The van der Waals surface area contributed by atoms with Crippen LogP contribution in [0, 0.1) is 5.92 Å². The van der Waals surface area contributed by atoms with Gasteiger partial charge in [0, 0.05) is 12.5 Å². The molecule has 0 fully saturated rings. The zero-order valence-electron chi connectivity index (χ0n) is 12.0. The molecule has 5 nitrogen and oxygen atoms in total. The number of aromatic nitrogens is 3. The molecule has 114 valence electrons. The van der Waals surface area contributed by atoms with Crippen molar-refractivity contribution in [2.24, 2.45) is 5.92 Å². The van der Waals surface area contributed by atoms with Gasteiger partial charge in [-0.15, -0.1) is 5.10 Å². The van der Waals surface area contributed by atoms with Crippen molar-refractivity contribution in [1.82, 2.24) is 20.1 Å². The van der Waals surface area contributed by atoms with Gasteiger partial charge in [-0.1, -0.05) is 27.7 Å². The molecule has 1 aromatic rings. The normalized spacial score (nSPS) is 12.2. The summed E-state index contributed by atoms with van der Waals surface area (Å²) in [5.41, 5.74) is 0. The minimum Gasteiger partial charge on any atom is -0.327 e. The third-order valence-corrected chi connectivity index (χ3v) is 2.48. The molecule has 1 rings (SSSR count). The third kappa shape index (κ3) is 4.82. The van der Waals surface area contributed by atoms with Crippen LogP contribution in [0.3, 0.4) is 0 Å². The van der Waals surface area contributed by atoms with Crippen molar-refractivity contribution in [3.8, 4) is 0 Å². The number of halogens is 3. The molecule has 0 atom stereocenters. The Hall–Kier alpha value is -1.60. The summed E-state index contributed by atoms with van der Waals surface area (Å²) in [5.74, 6) is -0.613. The molecule has 0 saturated carbocycles. The van der Waals surface area contributed by atoms with Crippen LogP contribution in [-0.2, 0) is 0 Å². The number of rotatable bonds is 5. The summed E-state index contributed by atoms with van der Waals surface area (Å²) in [7, 11) is 0. The molecule has 0 aromatic carbocycles. The molecule has 0 saturated heterocycles. The average Bonchev–Trinajstić information content (AvgIpc) is 2.73. The fourth-order valence-electron chi connectivity index (χ4n) is 1.65. The Balaban J connectivity index is 2.91. The summed E-state index contributed by atoms with van der Waals surface area (Å²) < 4.78 is 37.6. The van der Waals surface area contributed by atoms with Crippen LogP contribution in [0.5, 0.6) is 0 Å². The quantitative estimate of drug-likeness (QED) is 0.907. The van der Waals surface area contributed by atoms with Crippen LogP contribution in [0.15, 0.2) is 0 Å². The van der Waals surface area contributed by atoms with Gasteiger partial charge < -0.3 is 4.90 Å². The smallest absolute Gasteiger partial charge is 0.327 e. The molecule has 0 unspecified atom stereocenters. The Bertz CT molecular complexity index is 454. The van der Waals surface area contributed by atoms with E-state index in [1.54, 1.807) is 13.8 Å². The van der Waals surface area contributed by atoms with E-state index in [0.29, 0.717) is 5.82 Å². The molecule has 0 aliphatic rings. The maximum atomic E-state index is 12.5. The van der Waals surface area contributed by atoms with Gasteiger partial charge in [0.1, 0.15) is 12.4 Å². The van der Waals surface area contributed by atoms with Crippen molar-refractivity contribution < 1.29 is 18.0 Å². The van der Waals surface area contributed by atoms with Crippen LogP contribution in [0.1, 0.15) is 50.1 Å². The molecule has 1 amide bonds. The average molecular weight is 292 g/mol. The first-order valence-electron chi connectivity index (χ1n) is 6.38. The molecule has 20 heavy (non-hydrogen) atoms. The van der Waals surface area contributed by atoms with Gasteiger partial charge >= 0.3 is 6.18 Å². The number of nitrogens with one attached hydrogen (secondary N) is 1. The number of aromatic amines is 1. The second kappa shape index (κ2) is 6.23. The lowest BCUT2D eigenvalue weighted by molar-refractivity contribution is -0.141. The zero-order chi connectivity index (χ0) is 15.5. The van der Waals surface area contributed by atoms with Gasteiger partial charge in [-0.2, -0.15) is 13.2 Å². The molecule has 0 radical (unpaired) electrons. The van der Waals surface area contributed by atoms with Crippen LogP contribution in [-0.4, -0.2) is 45.3 Å². The molecule has 0 bridgehead atoms. The number of amides is 1. The second-order valence-corrected chi connectivity index (χ2v) is 5.39. The van der Waals surface area contributed by atoms with Crippen molar-refractivity contribution in [3.05, 3.63) is 11.6 Å². The summed E-state index contributed by atoms with van der Waals surface area (Å²) in [4.78, 5) is 16.8. The molecule has 1 aromatic heterocycles. The third-order valence-electron chi connectivity index (χ3n) is 2.48. The molecule has 0 aliphatic carbocycles. The molecular weight excluding hydrogens is 273 g/mol. The monoisotopic (exact) mass is 292 g/mol. The SMILES string of the molecule is CC(C)CN(CC(F)(F)F)C(=O)c1n[nH]c(C(C)C)n1. The van der Waals surface area contributed by atoms with E-state index in [9.17, 15) is 18.0 Å². The Kier molecular flexibility index (Phi) is 5.13. The minimum atomic E-state index is -4.44. The number of nitrogens with zero attached hydrogens (tertiary/aromatic N) is 3. The van der Waals surface area contributed by atoms with Crippen molar-refractivity contribution in [1.29, 1.82) is 0 Å². The Morgan fingerprint density at radius 3 is 2.30 bits per heavy atom. The number of hydrogen-bond donors (Lipinski definition) is 1. The number of carbonyl (C=O) groups excluding carboxylic acids is 1. The maximum Gasteiger partial charge on any atom is 0.406 e. The highest BCUT2D eigenvalue weighted by Crippen LogP contribution is 2.19. The second-order valence-electron chi connectivity index (χ2n) is 5.39. The fourth-order valence-corrected chi connectivity index (χ4v) is 1.65. The molecule has 1 heterocycles. The van der Waals surface area contributed by atoms with Gasteiger partial charge in [0.2, 0.25) is 5.82 Å². The van der Waals surface area contributed by atoms with Gasteiger partial charge in [-0.3, -0.25) is 9.89 Å². The predicted molar refractivity (Wildman–Crippen MR) is 67.3 cm³/mol. The number of alkyl halides is 3. The Morgan fingerprint density at radius 2 is 1.90 bits per heavy atom. The lowest BCUT2D eigenvalue weighted by atomic mass is 10.2. The highest BCUT2D eigenvalue weighted by atomic mass is 19.4. The van der Waals surface area contributed by atoms with E-state index >= 15 is 0 Å². The Morgan fingerprint density at radius 1 is 1.30 bits per heavy atom. The fraction of sp³-hybridized carbons (Fsp3) is 0.750. The van der Waals surface area contributed by atoms with E-state index in [1.807, 2.05) is 13.8 Å². The maximum absolute atomic E-state index is 12.5.